The summed E-state index contributed by atoms with van der Waals surface area (Å²) in [5.74, 6) is -0.261. The van der Waals surface area contributed by atoms with Gasteiger partial charge in [0.05, 0.1) is 30.4 Å². The molecule has 3 saturated carbocycles. The van der Waals surface area contributed by atoms with Crippen molar-refractivity contribution in [3.05, 3.63) is 77.1 Å². The molecule has 256 valence electrons. The number of nitrogens with one attached hydrogen (secondary N) is 2. The first-order valence-electron chi connectivity index (χ1n) is 15.3. The maximum atomic E-state index is 14.4. The fourth-order valence-electron chi connectivity index (χ4n) is 6.56. The van der Waals surface area contributed by atoms with E-state index in [4.69, 9.17) is 19.6 Å². The number of rotatable bonds is 7. The smallest absolute Gasteiger partial charge is 0.490 e. The lowest BCUT2D eigenvalue weighted by Gasteiger charge is -2.61. The number of aliphatic carboxylic acids is 1. The summed E-state index contributed by atoms with van der Waals surface area (Å²) in [7, 11) is 1.50. The van der Waals surface area contributed by atoms with Gasteiger partial charge in [-0.2, -0.15) is 13.2 Å². The Balaban J connectivity index is 0.000000582. The highest BCUT2D eigenvalue weighted by molar-refractivity contribution is 6.00. The zero-order valence-electron chi connectivity index (χ0n) is 26.7. The molecule has 0 saturated heterocycles. The summed E-state index contributed by atoms with van der Waals surface area (Å²) >= 11 is 0. The van der Waals surface area contributed by atoms with Crippen LogP contribution in [0.2, 0.25) is 0 Å². The van der Waals surface area contributed by atoms with Gasteiger partial charge in [-0.05, 0) is 72.3 Å². The molecule has 0 aliphatic heterocycles. The van der Waals surface area contributed by atoms with Gasteiger partial charge in [0.1, 0.15) is 24.2 Å². The second-order valence-electron chi connectivity index (χ2n) is 12.6. The second-order valence-corrected chi connectivity index (χ2v) is 12.6. The van der Waals surface area contributed by atoms with Gasteiger partial charge in [-0.3, -0.25) is 14.8 Å². The molecule has 4 atom stereocenters. The Morgan fingerprint density at radius 1 is 1.12 bits per heavy atom. The maximum Gasteiger partial charge on any atom is 0.490 e. The number of halogens is 4. The molecule has 3 aliphatic rings. The Labute approximate surface area is 272 Å². The van der Waals surface area contributed by atoms with Crippen molar-refractivity contribution in [3.63, 3.8) is 0 Å². The number of nitrogens with zero attached hydrogens (tertiary/aromatic N) is 6. The van der Waals surface area contributed by atoms with Crippen molar-refractivity contribution in [2.75, 3.05) is 17.9 Å². The lowest BCUT2D eigenvalue weighted by Crippen LogP contribution is -2.56. The highest BCUT2D eigenvalue weighted by Crippen LogP contribution is 2.61. The minimum Gasteiger partial charge on any atom is -0.497 e. The van der Waals surface area contributed by atoms with Crippen molar-refractivity contribution in [2.45, 2.75) is 58.8 Å². The van der Waals surface area contributed by atoms with E-state index in [1.165, 1.54) is 30.5 Å². The quantitative estimate of drug-likeness (QED) is 0.139. The average molecular weight is 673 g/mol. The van der Waals surface area contributed by atoms with Crippen molar-refractivity contribution in [1.82, 2.24) is 24.4 Å². The third kappa shape index (κ3) is 7.42. The zero-order chi connectivity index (χ0) is 34.8. The van der Waals surface area contributed by atoms with Crippen LogP contribution in [0.25, 0.3) is 10.9 Å². The van der Waals surface area contributed by atoms with Gasteiger partial charge in [0.15, 0.2) is 0 Å². The van der Waals surface area contributed by atoms with Crippen LogP contribution in [0.15, 0.2) is 65.2 Å². The number of guanidine groups is 1. The van der Waals surface area contributed by atoms with Crippen LogP contribution >= 0.6 is 0 Å². The molecule has 48 heavy (non-hydrogen) atoms. The largest absolute Gasteiger partial charge is 0.497 e. The molecular formula is C32H36F4N8O4. The molecule has 2 aromatic heterocycles. The lowest BCUT2D eigenvalue weighted by molar-refractivity contribution is -0.192. The number of methoxy groups -OCH3 is 1. The van der Waals surface area contributed by atoms with Crippen molar-refractivity contribution in [1.29, 1.82) is 0 Å². The van der Waals surface area contributed by atoms with Crippen molar-refractivity contribution >= 4 is 28.5 Å². The van der Waals surface area contributed by atoms with E-state index >= 15 is 0 Å². The number of benzene rings is 2. The Kier molecular flexibility index (Phi) is 9.73. The Morgan fingerprint density at radius 2 is 1.83 bits per heavy atom. The first-order valence-corrected chi connectivity index (χ1v) is 15.3. The molecule has 2 heterocycles. The Morgan fingerprint density at radius 3 is 2.44 bits per heavy atom. The number of hydrogen-bond donors (Lipinski definition) is 3. The van der Waals surface area contributed by atoms with Crippen LogP contribution in [0.5, 0.6) is 5.75 Å². The summed E-state index contributed by atoms with van der Waals surface area (Å²) < 4.78 is 54.3. The number of ether oxygens (including phenoxy) is 1. The monoisotopic (exact) mass is 672 g/mol. The molecule has 0 radical (unpaired) electrons. The summed E-state index contributed by atoms with van der Waals surface area (Å²) in [5.41, 5.74) is 5.26. The molecule has 4 aromatic rings. The van der Waals surface area contributed by atoms with Gasteiger partial charge in [-0.1, -0.05) is 26.8 Å². The fourth-order valence-corrected chi connectivity index (χ4v) is 6.56. The normalized spacial score (nSPS) is 21.5. The van der Waals surface area contributed by atoms with E-state index in [1.54, 1.807) is 35.5 Å². The Hall–Kier alpha value is -5.02. The summed E-state index contributed by atoms with van der Waals surface area (Å²) in [6, 6.07) is 10.4. The number of anilines is 1. The van der Waals surface area contributed by atoms with E-state index in [-0.39, 0.29) is 17.4 Å². The van der Waals surface area contributed by atoms with Gasteiger partial charge >= 0.3 is 12.1 Å². The second kappa shape index (κ2) is 13.6. The molecule has 2 bridgehead atoms. The molecule has 0 amide bonds. The zero-order valence-corrected chi connectivity index (χ0v) is 26.7. The molecule has 0 unspecified atom stereocenters. The van der Waals surface area contributed by atoms with Crippen LogP contribution in [-0.2, 0) is 17.8 Å². The highest BCUT2D eigenvalue weighted by Gasteiger charge is 2.56. The molecule has 3 N–H and O–H groups in total. The molecular weight excluding hydrogens is 636 g/mol. The minimum absolute atomic E-state index is 0.176. The fraction of sp³-hybridized carbons (Fsp3) is 0.438. The Bertz CT molecular complexity index is 1860. The van der Waals surface area contributed by atoms with E-state index in [0.717, 1.165) is 12.1 Å². The molecule has 2 aromatic carbocycles. The lowest BCUT2D eigenvalue weighted by atomic mass is 9.45. The number of aryl methyl sites for hydroxylation is 2. The summed E-state index contributed by atoms with van der Waals surface area (Å²) in [4.78, 5) is 31.7. The van der Waals surface area contributed by atoms with Gasteiger partial charge < -0.3 is 15.2 Å². The van der Waals surface area contributed by atoms with Crippen LogP contribution < -0.4 is 21.0 Å². The number of aliphatic imine (C=N–C) groups is 1. The van der Waals surface area contributed by atoms with Crippen LogP contribution in [-0.4, -0.2) is 60.8 Å². The third-order valence-corrected chi connectivity index (χ3v) is 9.48. The first-order chi connectivity index (χ1) is 22.7. The number of carbonyl (C=O) groups is 1. The SMILES string of the molecule is COc1ccc(CCn2cnc3cc(NC(=N[C@H]4C[C@@H]5C[C@H]([C@@H]4C)C5(C)C)Nn4cnnc4)ccc3c2=O)c(F)c1.O=C(O)C(F)(F)F. The van der Waals surface area contributed by atoms with E-state index < -0.39 is 12.1 Å². The van der Waals surface area contributed by atoms with Gasteiger partial charge in [-0.15, -0.1) is 10.2 Å². The van der Waals surface area contributed by atoms with Gasteiger partial charge in [0, 0.05) is 18.3 Å². The molecule has 16 heteroatoms. The molecule has 3 aliphatic carbocycles. The van der Waals surface area contributed by atoms with Gasteiger partial charge in [0.2, 0.25) is 5.96 Å². The summed E-state index contributed by atoms with van der Waals surface area (Å²) in [5, 5.41) is 18.8. The molecule has 0 spiro atoms. The summed E-state index contributed by atoms with van der Waals surface area (Å²) in [6.07, 6.45) is 2.27. The molecule has 12 nitrogen and oxygen atoms in total. The predicted molar refractivity (Wildman–Crippen MR) is 170 cm³/mol. The van der Waals surface area contributed by atoms with Crippen LogP contribution in [0, 0.1) is 29.0 Å². The number of fused-ring (bicyclic) bond motifs is 3. The maximum absolute atomic E-state index is 14.4. The van der Waals surface area contributed by atoms with Gasteiger partial charge in [-0.25, -0.2) is 23.8 Å². The number of carboxylic acid groups (broad SMARTS) is 1. The van der Waals surface area contributed by atoms with E-state index in [2.05, 4.69) is 46.7 Å². The van der Waals surface area contributed by atoms with Crippen molar-refractivity contribution in [2.24, 2.45) is 28.2 Å². The molecule has 7 rings (SSSR count). The number of carboxylic acids is 1. The average Bonchev–Trinajstić information content (AvgIpc) is 3.54. The summed E-state index contributed by atoms with van der Waals surface area (Å²) in [6.45, 7) is 7.37. The van der Waals surface area contributed by atoms with E-state index in [9.17, 15) is 22.4 Å². The van der Waals surface area contributed by atoms with Crippen LogP contribution in [0.1, 0.15) is 39.2 Å². The number of aromatic nitrogens is 5. The number of hydrogen-bond acceptors (Lipinski definition) is 7. The molecule has 3 fully saturated rings. The van der Waals surface area contributed by atoms with Gasteiger partial charge in [0.25, 0.3) is 5.56 Å². The minimum atomic E-state index is -5.08. The van der Waals surface area contributed by atoms with Crippen LogP contribution in [0.3, 0.4) is 0 Å². The van der Waals surface area contributed by atoms with E-state index in [0.29, 0.717) is 64.3 Å². The number of alkyl halides is 3. The predicted octanol–water partition coefficient (Wildman–Crippen LogP) is 5.09. The standard InChI is InChI=1S/C30H35FN8O2.C2HF3O2/c1-18-24-11-20(30(24,2)3)12-26(18)36-29(37-39-16-33-34-17-39)35-21-6-8-23-27(13-21)32-15-38(28(23)40)10-9-19-5-7-22(41-4)14-25(19)31;3-2(4,5)1(6)7/h5-8,13-18,20,24,26H,9-12H2,1-4H3,(H2,35,36,37);(H,6,7)/t18-,20-,24+,26-;/m0./s1. The first kappa shape index (κ1) is 34.3. The van der Waals surface area contributed by atoms with Crippen molar-refractivity contribution in [3.8, 4) is 5.75 Å². The van der Waals surface area contributed by atoms with Crippen LogP contribution in [0.4, 0.5) is 23.2 Å². The highest BCUT2D eigenvalue weighted by atomic mass is 19.4. The third-order valence-electron chi connectivity index (χ3n) is 9.48. The van der Waals surface area contributed by atoms with Crippen molar-refractivity contribution < 1.29 is 32.2 Å². The van der Waals surface area contributed by atoms with E-state index in [1.807, 2.05) is 12.1 Å². The topological polar surface area (TPSA) is 149 Å².